The van der Waals surface area contributed by atoms with Gasteiger partial charge in [-0.3, -0.25) is 4.99 Å². The highest BCUT2D eigenvalue weighted by Gasteiger charge is 2.14. The summed E-state index contributed by atoms with van der Waals surface area (Å²) in [5.74, 6) is 2.43. The number of nitrogens with two attached hydrogens (primary N) is 1. The maximum atomic E-state index is 6.23. The van der Waals surface area contributed by atoms with Crippen LogP contribution in [0.1, 0.15) is 24.0 Å². The molecule has 0 spiro atoms. The van der Waals surface area contributed by atoms with E-state index in [2.05, 4.69) is 36.3 Å². The van der Waals surface area contributed by atoms with Crippen LogP contribution in [0.25, 0.3) is 11.3 Å². The number of hydrogen-bond donors (Lipinski definition) is 2. The maximum Gasteiger partial charge on any atom is 0.194 e. The monoisotopic (exact) mass is 436 g/mol. The Morgan fingerprint density at radius 2 is 2.13 bits per heavy atom. The van der Waals surface area contributed by atoms with Gasteiger partial charge < -0.3 is 20.5 Å². The number of thiazole rings is 1. The van der Waals surface area contributed by atoms with Crippen LogP contribution < -0.4 is 15.8 Å². The first kappa shape index (κ1) is 21.3. The number of anilines is 1. The maximum absolute atomic E-state index is 6.23. The lowest BCUT2D eigenvalue weighted by Crippen LogP contribution is -2.26. The van der Waals surface area contributed by atoms with Gasteiger partial charge in [0.05, 0.1) is 12.3 Å². The Balaban J connectivity index is 1.46. The van der Waals surface area contributed by atoms with Gasteiger partial charge in [-0.1, -0.05) is 29.8 Å². The molecule has 0 bridgehead atoms. The van der Waals surface area contributed by atoms with Gasteiger partial charge in [0, 0.05) is 30.0 Å². The van der Waals surface area contributed by atoms with Gasteiger partial charge in [-0.05, 0) is 50.5 Å². The average molecular weight is 437 g/mol. The average Bonchev–Trinajstić information content (AvgIpc) is 3.23. The Bertz CT molecular complexity index is 1060. The zero-order valence-corrected chi connectivity index (χ0v) is 18.7. The van der Waals surface area contributed by atoms with Crippen LogP contribution in [0, 0.1) is 19.8 Å². The van der Waals surface area contributed by atoms with Crippen LogP contribution in [-0.4, -0.2) is 30.7 Å². The van der Waals surface area contributed by atoms with Crippen molar-refractivity contribution in [3.05, 3.63) is 59.0 Å². The van der Waals surface area contributed by atoms with Crippen LogP contribution in [0.2, 0.25) is 0 Å². The molecule has 1 aromatic heterocycles. The van der Waals surface area contributed by atoms with Crippen LogP contribution in [-0.2, 0) is 4.74 Å². The minimum absolute atomic E-state index is 0.381. The summed E-state index contributed by atoms with van der Waals surface area (Å²) in [6.07, 6.45) is 2.22. The number of benzene rings is 2. The van der Waals surface area contributed by atoms with Gasteiger partial charge in [0.1, 0.15) is 11.5 Å². The number of rotatable bonds is 6. The fourth-order valence-electron chi connectivity index (χ4n) is 3.58. The van der Waals surface area contributed by atoms with E-state index in [0.29, 0.717) is 23.6 Å². The van der Waals surface area contributed by atoms with Gasteiger partial charge in [-0.2, -0.15) is 0 Å². The Labute approximate surface area is 187 Å². The fourth-order valence-corrected chi connectivity index (χ4v) is 4.30. The number of aromatic nitrogens is 1. The Hall–Kier alpha value is -2.90. The minimum Gasteiger partial charge on any atom is -0.456 e. The second kappa shape index (κ2) is 9.94. The molecular formula is C24H28N4O2S. The topological polar surface area (TPSA) is 81.8 Å². The van der Waals surface area contributed by atoms with Crippen molar-refractivity contribution in [1.29, 1.82) is 0 Å². The first-order chi connectivity index (χ1) is 15.1. The van der Waals surface area contributed by atoms with E-state index in [0.717, 1.165) is 54.4 Å². The van der Waals surface area contributed by atoms with Gasteiger partial charge in [-0.15, -0.1) is 11.3 Å². The summed E-state index contributed by atoms with van der Waals surface area (Å²) in [4.78, 5) is 9.16. The summed E-state index contributed by atoms with van der Waals surface area (Å²) in [7, 11) is 0. The van der Waals surface area contributed by atoms with Crippen molar-refractivity contribution >= 4 is 22.4 Å². The van der Waals surface area contributed by atoms with Crippen molar-refractivity contribution in [2.75, 3.05) is 25.1 Å². The van der Waals surface area contributed by atoms with Crippen LogP contribution >= 0.6 is 11.3 Å². The van der Waals surface area contributed by atoms with E-state index in [1.165, 1.54) is 16.9 Å². The zero-order chi connectivity index (χ0) is 21.6. The summed E-state index contributed by atoms with van der Waals surface area (Å²) < 4.78 is 11.7. The molecule has 0 aliphatic carbocycles. The quantitative estimate of drug-likeness (QED) is 0.401. The molecule has 0 amide bonds. The van der Waals surface area contributed by atoms with Crippen molar-refractivity contribution in [3.63, 3.8) is 0 Å². The van der Waals surface area contributed by atoms with Crippen LogP contribution in [0.15, 0.2) is 52.8 Å². The van der Waals surface area contributed by atoms with Crippen molar-refractivity contribution in [2.24, 2.45) is 16.6 Å². The van der Waals surface area contributed by atoms with Crippen molar-refractivity contribution in [3.8, 4) is 22.8 Å². The molecule has 6 nitrogen and oxygen atoms in total. The molecule has 0 radical (unpaired) electrons. The molecule has 4 rings (SSSR count). The molecule has 2 aromatic carbocycles. The van der Waals surface area contributed by atoms with E-state index in [1.807, 2.05) is 35.7 Å². The highest BCUT2D eigenvalue weighted by molar-refractivity contribution is 7.14. The highest BCUT2D eigenvalue weighted by atomic mass is 32.1. The minimum atomic E-state index is 0.381. The molecule has 3 aromatic rings. The summed E-state index contributed by atoms with van der Waals surface area (Å²) in [5.41, 5.74) is 10.1. The molecule has 1 aliphatic rings. The number of para-hydroxylation sites is 1. The summed E-state index contributed by atoms with van der Waals surface area (Å²) in [6.45, 7) is 6.41. The molecule has 1 aliphatic heterocycles. The number of nitrogens with zero attached hydrogens (tertiary/aromatic N) is 2. The van der Waals surface area contributed by atoms with E-state index < -0.39 is 0 Å². The Morgan fingerprint density at radius 1 is 1.26 bits per heavy atom. The largest absolute Gasteiger partial charge is 0.456 e. The van der Waals surface area contributed by atoms with E-state index >= 15 is 0 Å². The Morgan fingerprint density at radius 3 is 2.94 bits per heavy atom. The summed E-state index contributed by atoms with van der Waals surface area (Å²) >= 11 is 1.49. The van der Waals surface area contributed by atoms with Crippen LogP contribution in [0.4, 0.5) is 5.13 Å². The molecule has 2 heterocycles. The van der Waals surface area contributed by atoms with E-state index in [1.54, 1.807) is 0 Å². The highest BCUT2D eigenvalue weighted by Crippen LogP contribution is 2.35. The van der Waals surface area contributed by atoms with Gasteiger partial charge in [0.25, 0.3) is 0 Å². The standard InChI is InChI=1S/C24H28N4O2S/c1-16-9-10-21(17(2)12-16)30-22-8-4-3-7-19(22)20-15-31-24(27-20)28-23(25)26-13-18-6-5-11-29-14-18/h3-4,7-10,12,15,18H,5-6,11,13-14H2,1-2H3,(H3,25,26,27,28). The first-order valence-electron chi connectivity index (χ1n) is 10.5. The first-order valence-corrected chi connectivity index (χ1v) is 11.4. The second-order valence-electron chi connectivity index (χ2n) is 7.84. The summed E-state index contributed by atoms with van der Waals surface area (Å²) in [5, 5.41) is 5.81. The molecule has 1 unspecified atom stereocenters. The molecule has 3 N–H and O–H groups in total. The lowest BCUT2D eigenvalue weighted by Gasteiger charge is -2.20. The predicted octanol–water partition coefficient (Wildman–Crippen LogP) is 5.37. The fraction of sp³-hybridized carbons (Fsp3) is 0.333. The SMILES string of the molecule is Cc1ccc(Oc2ccccc2-c2csc(NC(N)=NCC3CCCOC3)n2)c(C)c1. The van der Waals surface area contributed by atoms with Gasteiger partial charge in [0.15, 0.2) is 11.1 Å². The molecule has 1 saturated heterocycles. The third-order valence-corrected chi connectivity index (χ3v) is 5.98. The molecule has 31 heavy (non-hydrogen) atoms. The lowest BCUT2D eigenvalue weighted by atomic mass is 10.0. The number of guanidine groups is 1. The molecule has 7 heteroatoms. The van der Waals surface area contributed by atoms with Gasteiger partial charge >= 0.3 is 0 Å². The molecule has 162 valence electrons. The predicted molar refractivity (Wildman–Crippen MR) is 127 cm³/mol. The number of ether oxygens (including phenoxy) is 2. The van der Waals surface area contributed by atoms with Crippen molar-refractivity contribution in [2.45, 2.75) is 26.7 Å². The van der Waals surface area contributed by atoms with Crippen LogP contribution in [0.3, 0.4) is 0 Å². The number of hydrogen-bond acceptors (Lipinski definition) is 5. The third-order valence-electron chi connectivity index (χ3n) is 5.23. The smallest absolute Gasteiger partial charge is 0.194 e. The number of aryl methyl sites for hydroxylation is 2. The lowest BCUT2D eigenvalue weighted by molar-refractivity contribution is 0.0582. The molecule has 0 saturated carbocycles. The molecular weight excluding hydrogens is 408 g/mol. The van der Waals surface area contributed by atoms with E-state index in [-0.39, 0.29) is 0 Å². The van der Waals surface area contributed by atoms with Crippen molar-refractivity contribution in [1.82, 2.24) is 4.98 Å². The zero-order valence-electron chi connectivity index (χ0n) is 17.9. The second-order valence-corrected chi connectivity index (χ2v) is 8.70. The van der Waals surface area contributed by atoms with E-state index in [4.69, 9.17) is 20.2 Å². The molecule has 1 fully saturated rings. The van der Waals surface area contributed by atoms with Gasteiger partial charge in [-0.25, -0.2) is 4.98 Å². The van der Waals surface area contributed by atoms with Crippen molar-refractivity contribution < 1.29 is 9.47 Å². The number of nitrogens with one attached hydrogen (secondary N) is 1. The normalized spacial score (nSPS) is 16.8. The number of aliphatic imine (C=N–C) groups is 1. The van der Waals surface area contributed by atoms with Crippen LogP contribution in [0.5, 0.6) is 11.5 Å². The Kier molecular flexibility index (Phi) is 6.84. The third kappa shape index (κ3) is 5.62. The van der Waals surface area contributed by atoms with E-state index in [9.17, 15) is 0 Å². The van der Waals surface area contributed by atoms with Gasteiger partial charge in [0.2, 0.25) is 0 Å². The summed E-state index contributed by atoms with van der Waals surface area (Å²) in [6, 6.07) is 14.1. The molecule has 1 atom stereocenters.